The molecule has 2 fully saturated rings. The molecule has 2 N–H and O–H groups in total. The lowest BCUT2D eigenvalue weighted by Gasteiger charge is -2.33. The fourth-order valence-electron chi connectivity index (χ4n) is 4.14. The second-order valence-electron chi connectivity index (χ2n) is 6.23. The van der Waals surface area contributed by atoms with Crippen molar-refractivity contribution in [3.63, 3.8) is 0 Å². The molecule has 3 heteroatoms. The van der Waals surface area contributed by atoms with Crippen molar-refractivity contribution in [3.05, 3.63) is 29.6 Å². The monoisotopic (exact) mass is 276 g/mol. The van der Waals surface area contributed by atoms with Crippen LogP contribution < -0.4 is 10.6 Å². The Kier molecular flexibility index (Phi) is 4.25. The van der Waals surface area contributed by atoms with Crippen LogP contribution in [0, 0.1) is 11.7 Å². The molecule has 1 aromatic rings. The first-order chi connectivity index (χ1) is 9.81. The van der Waals surface area contributed by atoms with Crippen LogP contribution in [0.25, 0.3) is 0 Å². The van der Waals surface area contributed by atoms with Crippen molar-refractivity contribution in [1.82, 2.24) is 0 Å². The number of halogens is 1. The first kappa shape index (κ1) is 13.9. The van der Waals surface area contributed by atoms with Gasteiger partial charge in [-0.25, -0.2) is 4.39 Å². The van der Waals surface area contributed by atoms with Gasteiger partial charge in [0.25, 0.3) is 0 Å². The molecule has 0 aromatic heterocycles. The number of rotatable bonds is 4. The molecule has 1 saturated heterocycles. The van der Waals surface area contributed by atoms with Gasteiger partial charge in [-0.05, 0) is 56.2 Å². The van der Waals surface area contributed by atoms with Crippen molar-refractivity contribution in [2.75, 3.05) is 18.0 Å². The molecule has 1 aliphatic carbocycles. The normalized spacial score (nSPS) is 23.7. The Morgan fingerprint density at radius 1 is 1.15 bits per heavy atom. The zero-order valence-corrected chi connectivity index (χ0v) is 12.2. The van der Waals surface area contributed by atoms with Crippen molar-refractivity contribution >= 4 is 5.69 Å². The van der Waals surface area contributed by atoms with E-state index in [0.717, 1.165) is 30.1 Å². The van der Waals surface area contributed by atoms with Crippen LogP contribution in [0.1, 0.15) is 44.1 Å². The molecule has 1 aromatic carbocycles. The highest BCUT2D eigenvalue weighted by Gasteiger charge is 2.35. The fraction of sp³-hybridized carbons (Fsp3) is 0.647. The summed E-state index contributed by atoms with van der Waals surface area (Å²) in [4.78, 5) is 2.36. The number of benzene rings is 1. The van der Waals surface area contributed by atoms with Crippen LogP contribution in [0.3, 0.4) is 0 Å². The number of nitrogens with zero attached hydrogens (tertiary/aromatic N) is 1. The van der Waals surface area contributed by atoms with Gasteiger partial charge in [0.2, 0.25) is 0 Å². The lowest BCUT2D eigenvalue weighted by Crippen LogP contribution is -2.36. The van der Waals surface area contributed by atoms with E-state index < -0.39 is 0 Å². The lowest BCUT2D eigenvalue weighted by atomic mass is 9.95. The second-order valence-corrected chi connectivity index (χ2v) is 6.23. The van der Waals surface area contributed by atoms with Crippen LogP contribution in [0.4, 0.5) is 10.1 Å². The number of anilines is 1. The summed E-state index contributed by atoms with van der Waals surface area (Å²) in [5.74, 6) is 0.698. The van der Waals surface area contributed by atoms with Crippen LogP contribution >= 0.6 is 0 Å². The summed E-state index contributed by atoms with van der Waals surface area (Å²) in [6, 6.07) is 5.99. The first-order valence-electron chi connectivity index (χ1n) is 8.05. The Bertz CT molecular complexity index is 454. The Morgan fingerprint density at radius 2 is 1.95 bits per heavy atom. The molecule has 1 heterocycles. The average molecular weight is 276 g/mol. The van der Waals surface area contributed by atoms with Crippen molar-refractivity contribution in [2.45, 2.75) is 51.0 Å². The second kappa shape index (κ2) is 6.13. The van der Waals surface area contributed by atoms with Crippen LogP contribution in [-0.2, 0) is 6.42 Å². The minimum atomic E-state index is -0.0687. The van der Waals surface area contributed by atoms with E-state index in [1.807, 2.05) is 12.1 Å². The van der Waals surface area contributed by atoms with Crippen LogP contribution in [-0.4, -0.2) is 19.1 Å². The quantitative estimate of drug-likeness (QED) is 0.912. The molecule has 0 radical (unpaired) electrons. The van der Waals surface area contributed by atoms with Crippen molar-refractivity contribution in [1.29, 1.82) is 0 Å². The van der Waals surface area contributed by atoms with Gasteiger partial charge >= 0.3 is 0 Å². The number of hydrogen-bond donors (Lipinski definition) is 1. The summed E-state index contributed by atoms with van der Waals surface area (Å²) in [6.45, 7) is 1.58. The van der Waals surface area contributed by atoms with E-state index >= 15 is 0 Å². The molecular weight excluding hydrogens is 251 g/mol. The third-order valence-electron chi connectivity index (χ3n) is 5.01. The van der Waals surface area contributed by atoms with Crippen molar-refractivity contribution < 1.29 is 4.39 Å². The standard InChI is InChI=1S/C17H25FN2/c18-15-8-3-7-14(10-11-19)17(15)20-12-4-9-16(20)13-5-1-2-6-13/h3,7-8,13,16H,1-2,4-6,9-12,19H2. The SMILES string of the molecule is NCCc1cccc(F)c1N1CCCC1C1CCCC1. The van der Waals surface area contributed by atoms with E-state index in [1.165, 1.54) is 38.5 Å². The maximum atomic E-state index is 14.4. The summed E-state index contributed by atoms with van der Waals surface area (Å²) in [6.07, 6.45) is 8.52. The number of nitrogens with two attached hydrogens (primary N) is 1. The number of hydrogen-bond acceptors (Lipinski definition) is 2. The molecule has 1 unspecified atom stereocenters. The molecular formula is C17H25FN2. The largest absolute Gasteiger partial charge is 0.366 e. The molecule has 0 spiro atoms. The average Bonchev–Trinajstić information content (AvgIpc) is 3.09. The molecule has 3 rings (SSSR count). The maximum Gasteiger partial charge on any atom is 0.146 e. The van der Waals surface area contributed by atoms with Gasteiger partial charge in [-0.2, -0.15) is 0 Å². The Hall–Kier alpha value is -1.09. The predicted molar refractivity (Wildman–Crippen MR) is 81.5 cm³/mol. The molecule has 1 aliphatic heterocycles. The topological polar surface area (TPSA) is 29.3 Å². The zero-order valence-electron chi connectivity index (χ0n) is 12.2. The van der Waals surface area contributed by atoms with Crippen molar-refractivity contribution in [3.8, 4) is 0 Å². The molecule has 2 nitrogen and oxygen atoms in total. The van der Waals surface area contributed by atoms with Gasteiger partial charge in [-0.3, -0.25) is 0 Å². The number of para-hydroxylation sites is 1. The summed E-state index contributed by atoms with van der Waals surface area (Å²) in [7, 11) is 0. The highest BCUT2D eigenvalue weighted by Crippen LogP contribution is 2.39. The predicted octanol–water partition coefficient (Wildman–Crippen LogP) is 3.49. The van der Waals surface area contributed by atoms with E-state index in [2.05, 4.69) is 4.90 Å². The van der Waals surface area contributed by atoms with Gasteiger partial charge in [0.1, 0.15) is 5.82 Å². The van der Waals surface area contributed by atoms with Crippen LogP contribution in [0.15, 0.2) is 18.2 Å². The lowest BCUT2D eigenvalue weighted by molar-refractivity contribution is 0.427. The highest BCUT2D eigenvalue weighted by molar-refractivity contribution is 5.56. The molecule has 1 saturated carbocycles. The molecule has 20 heavy (non-hydrogen) atoms. The Morgan fingerprint density at radius 3 is 2.70 bits per heavy atom. The summed E-state index contributed by atoms with van der Waals surface area (Å²) >= 11 is 0. The zero-order chi connectivity index (χ0) is 13.9. The molecule has 110 valence electrons. The van der Waals surface area contributed by atoms with Gasteiger partial charge in [-0.15, -0.1) is 0 Å². The molecule has 0 bridgehead atoms. The summed E-state index contributed by atoms with van der Waals surface area (Å²) in [5.41, 5.74) is 7.62. The van der Waals surface area contributed by atoms with Gasteiger partial charge in [0.15, 0.2) is 0 Å². The Labute approximate surface area is 121 Å². The van der Waals surface area contributed by atoms with Crippen LogP contribution in [0.2, 0.25) is 0 Å². The van der Waals surface area contributed by atoms with E-state index in [0.29, 0.717) is 12.6 Å². The van der Waals surface area contributed by atoms with Gasteiger partial charge in [0.05, 0.1) is 5.69 Å². The first-order valence-corrected chi connectivity index (χ1v) is 8.05. The van der Waals surface area contributed by atoms with E-state index in [-0.39, 0.29) is 5.82 Å². The van der Waals surface area contributed by atoms with Crippen LogP contribution in [0.5, 0.6) is 0 Å². The smallest absolute Gasteiger partial charge is 0.146 e. The fourth-order valence-corrected chi connectivity index (χ4v) is 4.14. The van der Waals surface area contributed by atoms with E-state index in [1.54, 1.807) is 6.07 Å². The summed E-state index contributed by atoms with van der Waals surface area (Å²) < 4.78 is 14.4. The molecule has 2 aliphatic rings. The third kappa shape index (κ3) is 2.56. The van der Waals surface area contributed by atoms with Gasteiger partial charge in [-0.1, -0.05) is 25.0 Å². The Balaban J connectivity index is 1.90. The maximum absolute atomic E-state index is 14.4. The minimum absolute atomic E-state index is 0.0687. The van der Waals surface area contributed by atoms with Gasteiger partial charge in [0, 0.05) is 12.6 Å². The molecule has 0 amide bonds. The van der Waals surface area contributed by atoms with E-state index in [9.17, 15) is 4.39 Å². The third-order valence-corrected chi connectivity index (χ3v) is 5.01. The highest BCUT2D eigenvalue weighted by atomic mass is 19.1. The molecule has 1 atom stereocenters. The van der Waals surface area contributed by atoms with Gasteiger partial charge < -0.3 is 10.6 Å². The minimum Gasteiger partial charge on any atom is -0.366 e. The summed E-state index contributed by atoms with van der Waals surface area (Å²) in [5, 5.41) is 0. The van der Waals surface area contributed by atoms with Crippen molar-refractivity contribution in [2.24, 2.45) is 11.7 Å². The van der Waals surface area contributed by atoms with E-state index in [4.69, 9.17) is 5.73 Å².